The van der Waals surface area contributed by atoms with Crippen molar-refractivity contribution in [1.82, 2.24) is 10.2 Å². The van der Waals surface area contributed by atoms with Crippen LogP contribution in [0.25, 0.3) is 0 Å². The van der Waals surface area contributed by atoms with Gasteiger partial charge in [0.15, 0.2) is 0 Å². The van der Waals surface area contributed by atoms with Crippen LogP contribution in [0.4, 0.5) is 0 Å². The van der Waals surface area contributed by atoms with Gasteiger partial charge in [0.25, 0.3) is 0 Å². The van der Waals surface area contributed by atoms with E-state index in [4.69, 9.17) is 14.2 Å². The second-order valence-electron chi connectivity index (χ2n) is 7.06. The molecule has 1 aliphatic rings. The first kappa shape index (κ1) is 23.5. The molecule has 0 atom stereocenters. The molecule has 0 saturated heterocycles. The molecule has 1 aromatic rings. The van der Waals surface area contributed by atoms with Crippen molar-refractivity contribution >= 4 is 11.9 Å². The Morgan fingerprint density at radius 3 is 1.87 bits per heavy atom. The van der Waals surface area contributed by atoms with Crippen LogP contribution in [0.3, 0.4) is 0 Å². The van der Waals surface area contributed by atoms with E-state index < -0.39 is 17.9 Å². The molecule has 30 heavy (non-hydrogen) atoms. The van der Waals surface area contributed by atoms with Crippen LogP contribution < -0.4 is 10.1 Å². The standard InChI is InChI=1S/C23H32N2O5/c1-7-25(8-2)13-14-30-18-11-9-17(10-12-18)21-19(22(26)28-5)15(3)24-16(4)20(21)23(27)29-6/h9-12,21,24H,7-8,13-14H2,1-6H3. The number of carbonyl (C=O) groups excluding carboxylic acids is 2. The van der Waals surface area contributed by atoms with Crippen molar-refractivity contribution in [3.63, 3.8) is 0 Å². The molecule has 0 unspecified atom stereocenters. The molecule has 0 aromatic heterocycles. The minimum absolute atomic E-state index is 0.388. The summed E-state index contributed by atoms with van der Waals surface area (Å²) in [5, 5.41) is 3.10. The number of hydrogen-bond acceptors (Lipinski definition) is 7. The fourth-order valence-electron chi connectivity index (χ4n) is 3.68. The Morgan fingerprint density at radius 1 is 0.933 bits per heavy atom. The van der Waals surface area contributed by atoms with E-state index in [1.165, 1.54) is 14.2 Å². The van der Waals surface area contributed by atoms with Crippen LogP contribution in [0.5, 0.6) is 5.75 Å². The number of methoxy groups -OCH3 is 2. The summed E-state index contributed by atoms with van der Waals surface area (Å²) in [5.74, 6) is -0.826. The van der Waals surface area contributed by atoms with E-state index in [9.17, 15) is 9.59 Å². The van der Waals surface area contributed by atoms with E-state index in [2.05, 4.69) is 24.1 Å². The van der Waals surface area contributed by atoms with Crippen LogP contribution in [0.15, 0.2) is 46.8 Å². The first-order chi connectivity index (χ1) is 14.4. The number of benzene rings is 1. The molecular formula is C23H32N2O5. The van der Waals surface area contributed by atoms with Crippen molar-refractivity contribution in [3.8, 4) is 5.75 Å². The Morgan fingerprint density at radius 2 is 1.43 bits per heavy atom. The molecule has 1 aliphatic heterocycles. The summed E-state index contributed by atoms with van der Waals surface area (Å²) >= 11 is 0. The molecule has 0 spiro atoms. The largest absolute Gasteiger partial charge is 0.492 e. The van der Waals surface area contributed by atoms with E-state index >= 15 is 0 Å². The summed E-state index contributed by atoms with van der Waals surface area (Å²) in [7, 11) is 2.66. The van der Waals surface area contributed by atoms with Crippen molar-refractivity contribution < 1.29 is 23.8 Å². The monoisotopic (exact) mass is 416 g/mol. The summed E-state index contributed by atoms with van der Waals surface area (Å²) in [4.78, 5) is 27.3. The zero-order chi connectivity index (χ0) is 22.3. The van der Waals surface area contributed by atoms with Gasteiger partial charge in [0, 0.05) is 17.9 Å². The van der Waals surface area contributed by atoms with Gasteiger partial charge in [-0.15, -0.1) is 0 Å². The lowest BCUT2D eigenvalue weighted by Gasteiger charge is -2.30. The molecule has 7 heteroatoms. The normalized spacial score (nSPS) is 14.6. The van der Waals surface area contributed by atoms with Crippen LogP contribution in [-0.2, 0) is 19.1 Å². The highest BCUT2D eigenvalue weighted by molar-refractivity contribution is 5.99. The summed E-state index contributed by atoms with van der Waals surface area (Å²) in [6.07, 6.45) is 0. The Kier molecular flexibility index (Phi) is 8.47. The maximum atomic E-state index is 12.5. The van der Waals surface area contributed by atoms with Gasteiger partial charge in [-0.1, -0.05) is 26.0 Å². The molecule has 7 nitrogen and oxygen atoms in total. The number of rotatable bonds is 9. The highest BCUT2D eigenvalue weighted by atomic mass is 16.5. The average Bonchev–Trinajstić information content (AvgIpc) is 2.75. The third-order valence-corrected chi connectivity index (χ3v) is 5.36. The molecule has 0 fully saturated rings. The number of ether oxygens (including phenoxy) is 3. The molecule has 2 rings (SSSR count). The van der Waals surface area contributed by atoms with Gasteiger partial charge in [0.05, 0.1) is 31.3 Å². The number of carbonyl (C=O) groups is 2. The fraction of sp³-hybridized carbons (Fsp3) is 0.478. The van der Waals surface area contributed by atoms with Crippen LogP contribution >= 0.6 is 0 Å². The van der Waals surface area contributed by atoms with E-state index in [-0.39, 0.29) is 0 Å². The van der Waals surface area contributed by atoms with E-state index in [0.717, 1.165) is 30.9 Å². The van der Waals surface area contributed by atoms with Gasteiger partial charge in [-0.2, -0.15) is 0 Å². The quantitative estimate of drug-likeness (QED) is 0.620. The van der Waals surface area contributed by atoms with Crippen molar-refractivity contribution in [1.29, 1.82) is 0 Å². The second kappa shape index (κ2) is 10.8. The predicted molar refractivity (Wildman–Crippen MR) is 115 cm³/mol. The Bertz CT molecular complexity index is 785. The lowest BCUT2D eigenvalue weighted by atomic mass is 9.80. The Labute approximate surface area is 178 Å². The number of esters is 2. The molecule has 1 heterocycles. The van der Waals surface area contributed by atoms with E-state index in [1.54, 1.807) is 13.8 Å². The molecule has 0 bridgehead atoms. The smallest absolute Gasteiger partial charge is 0.336 e. The SMILES string of the molecule is CCN(CC)CCOc1ccc(C2C(C(=O)OC)=C(C)NC(C)=C2C(=O)OC)cc1. The molecule has 0 saturated carbocycles. The minimum atomic E-state index is -0.587. The lowest BCUT2D eigenvalue weighted by molar-refractivity contribution is -0.137. The van der Waals surface area contributed by atoms with Crippen molar-refractivity contribution in [2.75, 3.05) is 40.5 Å². The molecule has 1 N–H and O–H groups in total. The van der Waals surface area contributed by atoms with E-state index in [0.29, 0.717) is 29.1 Å². The molecule has 0 amide bonds. The van der Waals surface area contributed by atoms with Crippen LogP contribution in [0, 0.1) is 0 Å². The molecule has 164 valence electrons. The molecular weight excluding hydrogens is 384 g/mol. The van der Waals surface area contributed by atoms with Gasteiger partial charge >= 0.3 is 11.9 Å². The summed E-state index contributed by atoms with van der Waals surface area (Å²) in [6, 6.07) is 7.45. The third-order valence-electron chi connectivity index (χ3n) is 5.36. The topological polar surface area (TPSA) is 77.1 Å². The zero-order valence-corrected chi connectivity index (χ0v) is 18.7. The summed E-state index contributed by atoms with van der Waals surface area (Å²) < 4.78 is 15.8. The van der Waals surface area contributed by atoms with Crippen molar-refractivity contribution in [3.05, 3.63) is 52.4 Å². The molecule has 0 aliphatic carbocycles. The maximum Gasteiger partial charge on any atom is 0.336 e. The lowest BCUT2D eigenvalue weighted by Crippen LogP contribution is -2.32. The number of nitrogens with one attached hydrogen (secondary N) is 1. The summed E-state index contributed by atoms with van der Waals surface area (Å²) in [6.45, 7) is 11.2. The third kappa shape index (κ3) is 5.21. The van der Waals surface area contributed by atoms with Gasteiger partial charge in [-0.25, -0.2) is 9.59 Å². The van der Waals surface area contributed by atoms with Crippen LogP contribution in [0.1, 0.15) is 39.2 Å². The maximum absolute atomic E-state index is 12.5. The second-order valence-corrected chi connectivity index (χ2v) is 7.06. The zero-order valence-electron chi connectivity index (χ0n) is 18.7. The number of likely N-dealkylation sites (N-methyl/N-ethyl adjacent to an activating group) is 1. The first-order valence-corrected chi connectivity index (χ1v) is 10.2. The number of nitrogens with zero attached hydrogens (tertiary/aromatic N) is 1. The Hall–Kier alpha value is -2.80. The first-order valence-electron chi connectivity index (χ1n) is 10.2. The van der Waals surface area contributed by atoms with Crippen molar-refractivity contribution in [2.24, 2.45) is 0 Å². The van der Waals surface area contributed by atoms with Gasteiger partial charge in [0.1, 0.15) is 12.4 Å². The van der Waals surface area contributed by atoms with Crippen molar-refractivity contribution in [2.45, 2.75) is 33.6 Å². The van der Waals surface area contributed by atoms with Crippen LogP contribution in [-0.4, -0.2) is 57.3 Å². The van der Waals surface area contributed by atoms with Crippen LogP contribution in [0.2, 0.25) is 0 Å². The predicted octanol–water partition coefficient (Wildman–Crippen LogP) is 2.99. The number of dihydropyridines is 1. The minimum Gasteiger partial charge on any atom is -0.492 e. The summed E-state index contributed by atoms with van der Waals surface area (Å²) in [5.41, 5.74) is 2.86. The van der Waals surface area contributed by atoms with Gasteiger partial charge in [-0.3, -0.25) is 0 Å². The average molecular weight is 417 g/mol. The number of hydrogen-bond donors (Lipinski definition) is 1. The molecule has 1 aromatic carbocycles. The number of allylic oxidation sites excluding steroid dienone is 2. The highest BCUT2D eigenvalue weighted by Crippen LogP contribution is 2.39. The highest BCUT2D eigenvalue weighted by Gasteiger charge is 2.37. The Balaban J connectivity index is 2.32. The van der Waals surface area contributed by atoms with Gasteiger partial charge in [-0.05, 0) is 44.6 Å². The molecule has 0 radical (unpaired) electrons. The van der Waals surface area contributed by atoms with E-state index in [1.807, 2.05) is 24.3 Å². The fourth-order valence-corrected chi connectivity index (χ4v) is 3.68. The van der Waals surface area contributed by atoms with Gasteiger partial charge < -0.3 is 24.4 Å². The van der Waals surface area contributed by atoms with Gasteiger partial charge in [0.2, 0.25) is 0 Å².